The van der Waals surface area contributed by atoms with Gasteiger partial charge in [0.05, 0.1) is 29.0 Å². The molecule has 0 saturated heterocycles. The number of benzene rings is 1. The highest BCUT2D eigenvalue weighted by atomic mass is 35.5. The van der Waals surface area contributed by atoms with E-state index in [9.17, 15) is 9.90 Å². The molecule has 0 saturated carbocycles. The first kappa shape index (κ1) is 17.4. The molecule has 0 spiro atoms. The number of nitrogens with zero attached hydrogens (tertiary/aromatic N) is 1. The molecule has 2 aromatic rings. The molecule has 1 atom stereocenters. The van der Waals surface area contributed by atoms with Crippen LogP contribution in [0.3, 0.4) is 0 Å². The number of pyridine rings is 1. The van der Waals surface area contributed by atoms with Crippen molar-refractivity contribution in [2.45, 2.75) is 12.5 Å². The predicted molar refractivity (Wildman–Crippen MR) is 89.5 cm³/mol. The molecule has 0 aliphatic carbocycles. The van der Waals surface area contributed by atoms with E-state index in [0.29, 0.717) is 23.6 Å². The number of aliphatic hydroxyl groups is 1. The number of rotatable bonds is 7. The standard InChI is InChI=1S/C17H19ClN2O3/c1-23-11-13(21)7-9-20-17(22)14-10-12(5-6-15(14)18)16-4-2-3-8-19-16/h2-6,8,10,13,21H,7,9,11H2,1H3,(H,20,22). The largest absolute Gasteiger partial charge is 0.391 e. The Kier molecular flexibility index (Phi) is 6.52. The summed E-state index contributed by atoms with van der Waals surface area (Å²) in [5.41, 5.74) is 1.98. The molecule has 23 heavy (non-hydrogen) atoms. The highest BCUT2D eigenvalue weighted by molar-refractivity contribution is 6.34. The minimum atomic E-state index is -0.601. The number of amides is 1. The van der Waals surface area contributed by atoms with Gasteiger partial charge in [0.25, 0.3) is 5.91 Å². The maximum absolute atomic E-state index is 12.3. The van der Waals surface area contributed by atoms with Gasteiger partial charge in [-0.25, -0.2) is 0 Å². The van der Waals surface area contributed by atoms with Crippen molar-refractivity contribution in [3.05, 3.63) is 53.2 Å². The molecule has 0 aliphatic rings. The third kappa shape index (κ3) is 5.03. The first-order valence-corrected chi connectivity index (χ1v) is 7.65. The van der Waals surface area contributed by atoms with Gasteiger partial charge in [0.15, 0.2) is 0 Å². The molecule has 0 aliphatic heterocycles. The molecule has 1 aromatic carbocycles. The number of carbonyl (C=O) groups excluding carboxylic acids is 1. The Hall–Kier alpha value is -1.95. The van der Waals surface area contributed by atoms with Gasteiger partial charge in [0.2, 0.25) is 0 Å². The van der Waals surface area contributed by atoms with Crippen molar-refractivity contribution < 1.29 is 14.6 Å². The van der Waals surface area contributed by atoms with E-state index >= 15 is 0 Å². The van der Waals surface area contributed by atoms with Crippen molar-refractivity contribution in [1.29, 1.82) is 0 Å². The normalized spacial score (nSPS) is 12.0. The molecule has 1 heterocycles. The molecule has 2 N–H and O–H groups in total. The number of hydrogen-bond acceptors (Lipinski definition) is 4. The second-order valence-electron chi connectivity index (χ2n) is 5.06. The second kappa shape index (κ2) is 8.62. The lowest BCUT2D eigenvalue weighted by atomic mass is 10.1. The van der Waals surface area contributed by atoms with Crippen LogP contribution in [0.4, 0.5) is 0 Å². The molecule has 122 valence electrons. The first-order chi connectivity index (χ1) is 11.1. The fraction of sp³-hybridized carbons (Fsp3) is 0.294. The highest BCUT2D eigenvalue weighted by Crippen LogP contribution is 2.23. The molecule has 0 fully saturated rings. The van der Waals surface area contributed by atoms with Gasteiger partial charge < -0.3 is 15.2 Å². The molecule has 0 radical (unpaired) electrons. The summed E-state index contributed by atoms with van der Waals surface area (Å²) in [6.45, 7) is 0.583. The van der Waals surface area contributed by atoms with Crippen LogP contribution in [0.1, 0.15) is 16.8 Å². The zero-order chi connectivity index (χ0) is 16.7. The summed E-state index contributed by atoms with van der Waals surface area (Å²) in [6, 6.07) is 10.8. The summed E-state index contributed by atoms with van der Waals surface area (Å²) >= 11 is 6.12. The maximum atomic E-state index is 12.3. The van der Waals surface area contributed by atoms with Crippen molar-refractivity contribution in [2.24, 2.45) is 0 Å². The number of ether oxygens (including phenoxy) is 1. The van der Waals surface area contributed by atoms with E-state index in [4.69, 9.17) is 16.3 Å². The van der Waals surface area contributed by atoms with Crippen molar-refractivity contribution in [2.75, 3.05) is 20.3 Å². The van der Waals surface area contributed by atoms with Crippen LogP contribution in [0.15, 0.2) is 42.6 Å². The topological polar surface area (TPSA) is 71.5 Å². The van der Waals surface area contributed by atoms with Crippen LogP contribution >= 0.6 is 11.6 Å². The minimum absolute atomic E-state index is 0.242. The monoisotopic (exact) mass is 334 g/mol. The summed E-state index contributed by atoms with van der Waals surface area (Å²) in [5, 5.41) is 12.7. The van der Waals surface area contributed by atoms with Gasteiger partial charge in [-0.2, -0.15) is 0 Å². The molecule has 6 heteroatoms. The van der Waals surface area contributed by atoms with Gasteiger partial charge in [-0.15, -0.1) is 0 Å². The molecule has 1 amide bonds. The average molecular weight is 335 g/mol. The number of nitrogens with one attached hydrogen (secondary N) is 1. The van der Waals surface area contributed by atoms with Crippen LogP contribution in [-0.2, 0) is 4.74 Å². The molecule has 1 unspecified atom stereocenters. The fourth-order valence-corrected chi connectivity index (χ4v) is 2.32. The van der Waals surface area contributed by atoms with E-state index in [1.54, 1.807) is 18.3 Å². The van der Waals surface area contributed by atoms with Gasteiger partial charge in [-0.3, -0.25) is 9.78 Å². The van der Waals surface area contributed by atoms with Gasteiger partial charge in [-0.05, 0) is 30.7 Å². The Balaban J connectivity index is 2.05. The molecular weight excluding hydrogens is 316 g/mol. The lowest BCUT2D eigenvalue weighted by molar-refractivity contribution is 0.0587. The van der Waals surface area contributed by atoms with Gasteiger partial charge in [-0.1, -0.05) is 23.7 Å². The molecule has 1 aromatic heterocycles. The van der Waals surface area contributed by atoms with Crippen LogP contribution < -0.4 is 5.32 Å². The molecular formula is C17H19ClN2O3. The number of methoxy groups -OCH3 is 1. The Morgan fingerprint density at radius 2 is 2.22 bits per heavy atom. The molecule has 0 bridgehead atoms. The second-order valence-corrected chi connectivity index (χ2v) is 5.47. The number of hydrogen-bond donors (Lipinski definition) is 2. The summed E-state index contributed by atoms with van der Waals surface area (Å²) in [7, 11) is 1.52. The van der Waals surface area contributed by atoms with Crippen LogP contribution in [0.25, 0.3) is 11.3 Å². The molecule has 5 nitrogen and oxygen atoms in total. The van der Waals surface area contributed by atoms with Crippen molar-refractivity contribution in [1.82, 2.24) is 10.3 Å². The third-order valence-corrected chi connectivity index (χ3v) is 3.62. The van der Waals surface area contributed by atoms with E-state index < -0.39 is 6.10 Å². The SMILES string of the molecule is COCC(O)CCNC(=O)c1cc(-c2ccccn2)ccc1Cl. The van der Waals surface area contributed by atoms with Crippen LogP contribution in [0, 0.1) is 0 Å². The number of carbonyl (C=O) groups is 1. The van der Waals surface area contributed by atoms with Crippen LogP contribution in [0.5, 0.6) is 0 Å². The summed E-state index contributed by atoms with van der Waals surface area (Å²) in [6.07, 6.45) is 1.51. The maximum Gasteiger partial charge on any atom is 0.252 e. The zero-order valence-electron chi connectivity index (χ0n) is 12.8. The van der Waals surface area contributed by atoms with E-state index in [0.717, 1.165) is 11.3 Å². The van der Waals surface area contributed by atoms with Gasteiger partial charge in [0.1, 0.15) is 0 Å². The summed E-state index contributed by atoms with van der Waals surface area (Å²) < 4.78 is 4.84. The van der Waals surface area contributed by atoms with Crippen LogP contribution in [-0.4, -0.2) is 42.4 Å². The van der Waals surface area contributed by atoms with Crippen molar-refractivity contribution in [3.63, 3.8) is 0 Å². The Labute approximate surface area is 140 Å². The molecule has 2 rings (SSSR count). The third-order valence-electron chi connectivity index (χ3n) is 3.29. The van der Waals surface area contributed by atoms with Crippen molar-refractivity contribution >= 4 is 17.5 Å². The van der Waals surface area contributed by atoms with Crippen molar-refractivity contribution in [3.8, 4) is 11.3 Å². The zero-order valence-corrected chi connectivity index (χ0v) is 13.6. The number of aromatic nitrogens is 1. The highest BCUT2D eigenvalue weighted by Gasteiger charge is 2.13. The van der Waals surface area contributed by atoms with Gasteiger partial charge in [0, 0.05) is 25.4 Å². The minimum Gasteiger partial charge on any atom is -0.391 e. The van der Waals surface area contributed by atoms with E-state index in [1.807, 2.05) is 24.3 Å². The Morgan fingerprint density at radius 3 is 2.91 bits per heavy atom. The fourth-order valence-electron chi connectivity index (χ4n) is 2.12. The first-order valence-electron chi connectivity index (χ1n) is 7.28. The Bertz CT molecular complexity index is 650. The smallest absolute Gasteiger partial charge is 0.252 e. The van der Waals surface area contributed by atoms with E-state index in [2.05, 4.69) is 10.3 Å². The van der Waals surface area contributed by atoms with E-state index in [1.165, 1.54) is 7.11 Å². The Morgan fingerprint density at radius 1 is 1.39 bits per heavy atom. The predicted octanol–water partition coefficient (Wildman–Crippen LogP) is 2.53. The summed E-state index contributed by atoms with van der Waals surface area (Å²) in [4.78, 5) is 16.5. The lowest BCUT2D eigenvalue weighted by Crippen LogP contribution is -2.28. The quantitative estimate of drug-likeness (QED) is 0.816. The summed E-state index contributed by atoms with van der Waals surface area (Å²) in [5.74, 6) is -0.280. The average Bonchev–Trinajstić information content (AvgIpc) is 2.56. The van der Waals surface area contributed by atoms with Gasteiger partial charge >= 0.3 is 0 Å². The van der Waals surface area contributed by atoms with Crippen LogP contribution in [0.2, 0.25) is 5.02 Å². The lowest BCUT2D eigenvalue weighted by Gasteiger charge is -2.11. The number of aliphatic hydroxyl groups excluding tert-OH is 1. The van der Waals surface area contributed by atoms with E-state index in [-0.39, 0.29) is 12.5 Å². The number of halogens is 1.